The van der Waals surface area contributed by atoms with Gasteiger partial charge in [-0.25, -0.2) is 0 Å². The first-order valence-electron chi connectivity index (χ1n) is 6.20. The van der Waals surface area contributed by atoms with Crippen LogP contribution in [0.5, 0.6) is 0 Å². The number of carbonyl (C=O) groups is 1. The summed E-state index contributed by atoms with van der Waals surface area (Å²) in [6.45, 7) is 8.42. The van der Waals surface area contributed by atoms with Crippen molar-refractivity contribution in [2.24, 2.45) is 0 Å². The zero-order chi connectivity index (χ0) is 13.0. The van der Waals surface area contributed by atoms with E-state index in [1.807, 2.05) is 35.2 Å². The Kier molecular flexibility index (Phi) is 4.55. The second-order valence-electron chi connectivity index (χ2n) is 4.54. The minimum Gasteiger partial charge on any atom is -0.329 e. The molecule has 1 aliphatic heterocycles. The van der Waals surface area contributed by atoms with Gasteiger partial charge in [0.2, 0.25) is 0 Å². The molecule has 0 bridgehead atoms. The third kappa shape index (κ3) is 3.21. The average Bonchev–Trinajstić information content (AvgIpc) is 2.40. The van der Waals surface area contributed by atoms with E-state index in [0.717, 1.165) is 42.8 Å². The lowest BCUT2D eigenvalue weighted by Crippen LogP contribution is -3.14. The molecule has 1 amide bonds. The van der Waals surface area contributed by atoms with Crippen molar-refractivity contribution in [2.75, 3.05) is 32.7 Å². The molecule has 1 N–H and O–H groups in total. The SMILES string of the molecule is C=CC[NH+]1CCN(C(=O)c2ccc(Br)cc2)CC1. The summed E-state index contributed by atoms with van der Waals surface area (Å²) in [6, 6.07) is 7.56. The van der Waals surface area contributed by atoms with Gasteiger partial charge in [-0.05, 0) is 30.3 Å². The van der Waals surface area contributed by atoms with Crippen LogP contribution < -0.4 is 4.90 Å². The Labute approximate surface area is 116 Å². The van der Waals surface area contributed by atoms with Gasteiger partial charge in [-0.1, -0.05) is 22.5 Å². The van der Waals surface area contributed by atoms with Crippen molar-refractivity contribution < 1.29 is 9.69 Å². The molecule has 96 valence electrons. The molecule has 0 aromatic heterocycles. The van der Waals surface area contributed by atoms with E-state index >= 15 is 0 Å². The van der Waals surface area contributed by atoms with E-state index in [0.29, 0.717) is 0 Å². The van der Waals surface area contributed by atoms with Crippen molar-refractivity contribution in [1.82, 2.24) is 4.90 Å². The first-order valence-corrected chi connectivity index (χ1v) is 6.99. The summed E-state index contributed by atoms with van der Waals surface area (Å²) in [5.74, 6) is 0.139. The largest absolute Gasteiger partial charge is 0.329 e. The Hall–Kier alpha value is -1.13. The third-order valence-electron chi connectivity index (χ3n) is 3.28. The molecule has 0 radical (unpaired) electrons. The van der Waals surface area contributed by atoms with Gasteiger partial charge in [0.15, 0.2) is 0 Å². The lowest BCUT2D eigenvalue weighted by Gasteiger charge is -2.31. The monoisotopic (exact) mass is 309 g/mol. The maximum atomic E-state index is 12.3. The molecule has 1 heterocycles. The van der Waals surface area contributed by atoms with Crippen molar-refractivity contribution in [3.63, 3.8) is 0 Å². The van der Waals surface area contributed by atoms with Crippen LogP contribution in [0.4, 0.5) is 0 Å². The number of benzene rings is 1. The molecular weight excluding hydrogens is 292 g/mol. The van der Waals surface area contributed by atoms with Crippen molar-refractivity contribution >= 4 is 21.8 Å². The van der Waals surface area contributed by atoms with E-state index in [1.54, 1.807) is 0 Å². The Balaban J connectivity index is 1.95. The first kappa shape index (κ1) is 13.3. The average molecular weight is 310 g/mol. The van der Waals surface area contributed by atoms with Crippen LogP contribution in [0, 0.1) is 0 Å². The Morgan fingerprint density at radius 3 is 2.50 bits per heavy atom. The zero-order valence-corrected chi connectivity index (χ0v) is 11.9. The summed E-state index contributed by atoms with van der Waals surface area (Å²) in [5, 5.41) is 0. The molecule has 18 heavy (non-hydrogen) atoms. The predicted octanol–water partition coefficient (Wildman–Crippen LogP) is 0.976. The fourth-order valence-electron chi connectivity index (χ4n) is 2.21. The molecule has 1 aliphatic rings. The topological polar surface area (TPSA) is 24.8 Å². The third-order valence-corrected chi connectivity index (χ3v) is 3.81. The quantitative estimate of drug-likeness (QED) is 0.827. The lowest BCUT2D eigenvalue weighted by atomic mass is 10.2. The van der Waals surface area contributed by atoms with Gasteiger partial charge >= 0.3 is 0 Å². The molecule has 0 aliphatic carbocycles. The molecule has 3 nitrogen and oxygen atoms in total. The highest BCUT2D eigenvalue weighted by atomic mass is 79.9. The maximum absolute atomic E-state index is 12.3. The minimum atomic E-state index is 0.139. The van der Waals surface area contributed by atoms with E-state index in [1.165, 1.54) is 4.90 Å². The summed E-state index contributed by atoms with van der Waals surface area (Å²) < 4.78 is 0.999. The van der Waals surface area contributed by atoms with Crippen LogP contribution in [-0.2, 0) is 0 Å². The van der Waals surface area contributed by atoms with Gasteiger partial charge in [-0.2, -0.15) is 0 Å². The van der Waals surface area contributed by atoms with Crippen LogP contribution in [0.2, 0.25) is 0 Å². The van der Waals surface area contributed by atoms with Crippen LogP contribution >= 0.6 is 15.9 Å². The molecule has 0 spiro atoms. The Bertz CT molecular complexity index is 422. The molecule has 0 unspecified atom stereocenters. The van der Waals surface area contributed by atoms with Crippen molar-refractivity contribution in [1.29, 1.82) is 0 Å². The van der Waals surface area contributed by atoms with E-state index in [-0.39, 0.29) is 5.91 Å². The number of hydrogen-bond donors (Lipinski definition) is 1. The number of carbonyl (C=O) groups excluding carboxylic acids is 1. The molecule has 1 saturated heterocycles. The van der Waals surface area contributed by atoms with Crippen LogP contribution in [0.15, 0.2) is 41.4 Å². The number of amides is 1. The highest BCUT2D eigenvalue weighted by molar-refractivity contribution is 9.10. The summed E-state index contributed by atoms with van der Waals surface area (Å²) in [4.78, 5) is 15.7. The predicted molar refractivity (Wildman–Crippen MR) is 75.8 cm³/mol. The molecule has 1 aromatic rings. The highest BCUT2D eigenvalue weighted by Crippen LogP contribution is 2.12. The van der Waals surface area contributed by atoms with Gasteiger partial charge in [-0.3, -0.25) is 4.79 Å². The first-order chi connectivity index (χ1) is 8.70. The van der Waals surface area contributed by atoms with Crippen molar-refractivity contribution in [2.45, 2.75) is 0 Å². The lowest BCUT2D eigenvalue weighted by molar-refractivity contribution is -0.898. The van der Waals surface area contributed by atoms with E-state index < -0.39 is 0 Å². The minimum absolute atomic E-state index is 0.139. The van der Waals surface area contributed by atoms with Gasteiger partial charge in [0.25, 0.3) is 5.91 Å². The normalized spacial score (nSPS) is 16.6. The maximum Gasteiger partial charge on any atom is 0.254 e. The van der Waals surface area contributed by atoms with E-state index in [9.17, 15) is 4.79 Å². The number of halogens is 1. The number of piperazine rings is 1. The summed E-state index contributed by atoms with van der Waals surface area (Å²) in [6.07, 6.45) is 1.95. The molecule has 2 rings (SSSR count). The van der Waals surface area contributed by atoms with E-state index in [4.69, 9.17) is 0 Å². The Morgan fingerprint density at radius 1 is 1.33 bits per heavy atom. The summed E-state index contributed by atoms with van der Waals surface area (Å²) in [7, 11) is 0. The van der Waals surface area contributed by atoms with Gasteiger partial charge in [0, 0.05) is 10.0 Å². The summed E-state index contributed by atoms with van der Waals surface area (Å²) in [5.41, 5.74) is 0.769. The number of rotatable bonds is 3. The van der Waals surface area contributed by atoms with Crippen LogP contribution in [0.1, 0.15) is 10.4 Å². The second-order valence-corrected chi connectivity index (χ2v) is 5.46. The van der Waals surface area contributed by atoms with Crippen molar-refractivity contribution in [3.8, 4) is 0 Å². The van der Waals surface area contributed by atoms with Crippen LogP contribution in [0.3, 0.4) is 0 Å². The summed E-state index contributed by atoms with van der Waals surface area (Å²) >= 11 is 3.38. The fourth-order valence-corrected chi connectivity index (χ4v) is 2.47. The number of nitrogens with one attached hydrogen (secondary N) is 1. The Morgan fingerprint density at radius 2 is 1.94 bits per heavy atom. The van der Waals surface area contributed by atoms with Gasteiger partial charge in [-0.15, -0.1) is 0 Å². The molecule has 4 heteroatoms. The molecule has 0 saturated carbocycles. The van der Waals surface area contributed by atoms with Crippen LogP contribution in [0.25, 0.3) is 0 Å². The van der Waals surface area contributed by atoms with Gasteiger partial charge < -0.3 is 9.80 Å². The zero-order valence-electron chi connectivity index (χ0n) is 10.4. The molecule has 0 atom stereocenters. The number of hydrogen-bond acceptors (Lipinski definition) is 1. The molecular formula is C14H18BrN2O+. The molecule has 1 aromatic carbocycles. The van der Waals surface area contributed by atoms with Crippen LogP contribution in [-0.4, -0.2) is 43.5 Å². The second kappa shape index (κ2) is 6.16. The number of quaternary nitrogens is 1. The standard InChI is InChI=1S/C14H17BrN2O/c1-2-7-16-8-10-17(11-9-16)14(18)12-3-5-13(15)6-4-12/h2-6H,1,7-11H2/p+1. The number of nitrogens with zero attached hydrogens (tertiary/aromatic N) is 1. The smallest absolute Gasteiger partial charge is 0.254 e. The van der Waals surface area contributed by atoms with E-state index in [2.05, 4.69) is 22.5 Å². The highest BCUT2D eigenvalue weighted by Gasteiger charge is 2.23. The molecule has 1 fully saturated rings. The van der Waals surface area contributed by atoms with Gasteiger partial charge in [0.1, 0.15) is 0 Å². The van der Waals surface area contributed by atoms with Gasteiger partial charge in [0.05, 0.1) is 32.7 Å². The van der Waals surface area contributed by atoms with Crippen molar-refractivity contribution in [3.05, 3.63) is 47.0 Å². The fraction of sp³-hybridized carbons (Fsp3) is 0.357.